The van der Waals surface area contributed by atoms with E-state index < -0.39 is 23.2 Å². The van der Waals surface area contributed by atoms with E-state index in [9.17, 15) is 18.4 Å². The maximum absolute atomic E-state index is 14.3. The predicted molar refractivity (Wildman–Crippen MR) is 158 cm³/mol. The zero-order chi connectivity index (χ0) is 30.6. The molecule has 2 aliphatic rings. The Kier molecular flexibility index (Phi) is 9.64. The summed E-state index contributed by atoms with van der Waals surface area (Å²) in [7, 11) is 0. The SMILES string of the molecule is CC(C)CC[C@H](c1ccc(C(=O)NCC(=N)N=N)cc1)N1C(=O)C(c2cc(F)cc(F)c2)=NC12CCC(C(C)C)CC2. The van der Waals surface area contributed by atoms with Crippen LogP contribution in [-0.2, 0) is 4.79 Å². The lowest BCUT2D eigenvalue weighted by atomic mass is 9.75. The zero-order valence-electron chi connectivity index (χ0n) is 24.7. The lowest BCUT2D eigenvalue weighted by molar-refractivity contribution is -0.133. The summed E-state index contributed by atoms with van der Waals surface area (Å²) in [6.07, 6.45) is 4.61. The van der Waals surface area contributed by atoms with Crippen molar-refractivity contribution in [2.24, 2.45) is 27.9 Å². The van der Waals surface area contributed by atoms with Gasteiger partial charge in [-0.1, -0.05) is 39.8 Å². The number of amides is 2. The van der Waals surface area contributed by atoms with E-state index in [-0.39, 0.29) is 35.6 Å². The molecule has 2 aromatic rings. The second-order valence-corrected chi connectivity index (χ2v) is 12.2. The van der Waals surface area contributed by atoms with E-state index in [1.165, 1.54) is 12.1 Å². The first-order valence-corrected chi connectivity index (χ1v) is 14.7. The Morgan fingerprint density at radius 1 is 1.07 bits per heavy atom. The van der Waals surface area contributed by atoms with E-state index in [4.69, 9.17) is 15.9 Å². The van der Waals surface area contributed by atoms with Crippen LogP contribution in [0.2, 0.25) is 0 Å². The Morgan fingerprint density at radius 2 is 1.69 bits per heavy atom. The van der Waals surface area contributed by atoms with Crippen LogP contribution in [0.5, 0.6) is 0 Å². The van der Waals surface area contributed by atoms with Gasteiger partial charge in [0.05, 0.1) is 12.6 Å². The molecule has 1 fully saturated rings. The molecule has 0 aromatic heterocycles. The van der Waals surface area contributed by atoms with Crippen LogP contribution in [0, 0.1) is 40.3 Å². The molecule has 8 nitrogen and oxygen atoms in total. The summed E-state index contributed by atoms with van der Waals surface area (Å²) in [5, 5.41) is 13.0. The highest BCUT2D eigenvalue weighted by Gasteiger charge is 2.52. The fraction of sp³-hybridized carbons (Fsp3) is 0.500. The number of hydrogen-bond donors (Lipinski definition) is 3. The number of rotatable bonds is 10. The third kappa shape index (κ3) is 6.79. The molecule has 0 saturated heterocycles. The standard InChI is InChI=1S/C32H40F2N6O2/c1-19(2)5-10-27(22-6-8-23(9-7-22)30(41)37-18-28(35)39-36)40-31(42)29(24-15-25(33)17-26(34)16-24)38-32(40)13-11-21(12-14-32)20(3)4/h6-9,15-17,19-21,27,35-36H,5,10-14,18H2,1-4H3,(H,37,41)/t21?,27-,32?/m1/s1. The molecule has 1 saturated carbocycles. The molecule has 1 aliphatic carbocycles. The fourth-order valence-corrected chi connectivity index (χ4v) is 6.14. The predicted octanol–water partition coefficient (Wildman–Crippen LogP) is 7.05. The Morgan fingerprint density at radius 3 is 2.24 bits per heavy atom. The van der Waals surface area contributed by atoms with Crippen molar-refractivity contribution in [1.82, 2.24) is 10.2 Å². The lowest BCUT2D eigenvalue weighted by Crippen LogP contribution is -2.51. The Balaban J connectivity index is 1.73. The number of amidine groups is 1. The largest absolute Gasteiger partial charge is 0.345 e. The normalized spacial score (nSPS) is 21.1. The molecule has 0 unspecified atom stereocenters. The van der Waals surface area contributed by atoms with Gasteiger partial charge < -0.3 is 10.2 Å². The number of nitrogens with zero attached hydrogens (tertiary/aromatic N) is 3. The molecular weight excluding hydrogens is 538 g/mol. The minimum absolute atomic E-state index is 0.0872. The molecule has 42 heavy (non-hydrogen) atoms. The molecule has 4 rings (SSSR count). The van der Waals surface area contributed by atoms with Crippen molar-refractivity contribution in [3.63, 3.8) is 0 Å². The van der Waals surface area contributed by atoms with Crippen molar-refractivity contribution < 1.29 is 18.4 Å². The number of carbonyl (C=O) groups is 2. The first-order chi connectivity index (χ1) is 19.9. The molecule has 10 heteroatoms. The van der Waals surface area contributed by atoms with E-state index in [0.717, 1.165) is 30.9 Å². The van der Waals surface area contributed by atoms with Gasteiger partial charge in [0.15, 0.2) is 5.84 Å². The summed E-state index contributed by atoms with van der Waals surface area (Å²) in [5.41, 5.74) is 7.51. The van der Waals surface area contributed by atoms with E-state index in [1.807, 2.05) is 17.0 Å². The van der Waals surface area contributed by atoms with Crippen LogP contribution in [0.3, 0.4) is 0 Å². The van der Waals surface area contributed by atoms with Gasteiger partial charge in [-0.05, 0) is 86.1 Å². The minimum atomic E-state index is -0.821. The molecule has 2 amide bonds. The highest BCUT2D eigenvalue weighted by atomic mass is 19.1. The van der Waals surface area contributed by atoms with Crippen LogP contribution in [0.15, 0.2) is 52.6 Å². The van der Waals surface area contributed by atoms with E-state index >= 15 is 0 Å². The van der Waals surface area contributed by atoms with Crippen LogP contribution in [0.4, 0.5) is 8.78 Å². The zero-order valence-corrected chi connectivity index (χ0v) is 24.7. The van der Waals surface area contributed by atoms with Crippen LogP contribution in [-0.4, -0.2) is 40.5 Å². The second-order valence-electron chi connectivity index (χ2n) is 12.2. The van der Waals surface area contributed by atoms with Crippen LogP contribution in [0.25, 0.3) is 0 Å². The first kappa shape index (κ1) is 31.1. The van der Waals surface area contributed by atoms with E-state index in [2.05, 4.69) is 38.1 Å². The summed E-state index contributed by atoms with van der Waals surface area (Å²) in [6.45, 7) is 8.51. The van der Waals surface area contributed by atoms with Crippen molar-refractivity contribution in [1.29, 1.82) is 10.9 Å². The molecule has 0 radical (unpaired) electrons. The third-order valence-electron chi connectivity index (χ3n) is 8.54. The summed E-state index contributed by atoms with van der Waals surface area (Å²) in [6, 6.07) is 9.80. The van der Waals surface area contributed by atoms with Gasteiger partial charge in [0.25, 0.3) is 11.8 Å². The molecule has 2 aromatic carbocycles. The summed E-state index contributed by atoms with van der Waals surface area (Å²) < 4.78 is 28.5. The Bertz CT molecular complexity index is 1340. The van der Waals surface area contributed by atoms with Gasteiger partial charge in [0, 0.05) is 17.2 Å². The highest BCUT2D eigenvalue weighted by Crippen LogP contribution is 2.48. The average molecular weight is 579 g/mol. The number of nitrogens with one attached hydrogen (secondary N) is 3. The summed E-state index contributed by atoms with van der Waals surface area (Å²) in [5.74, 6) is -1.12. The fourth-order valence-electron chi connectivity index (χ4n) is 6.14. The topological polar surface area (TPSA) is 122 Å². The first-order valence-electron chi connectivity index (χ1n) is 14.7. The lowest BCUT2D eigenvalue weighted by Gasteiger charge is -2.46. The summed E-state index contributed by atoms with van der Waals surface area (Å²) >= 11 is 0. The molecule has 1 atom stereocenters. The van der Waals surface area contributed by atoms with Crippen molar-refractivity contribution >= 4 is 23.4 Å². The van der Waals surface area contributed by atoms with Gasteiger partial charge in [-0.25, -0.2) is 14.3 Å². The molecule has 1 aliphatic heterocycles. The Labute approximate surface area is 246 Å². The third-order valence-corrected chi connectivity index (χ3v) is 8.54. The smallest absolute Gasteiger partial charge is 0.275 e. The monoisotopic (exact) mass is 578 g/mol. The number of hydrogen-bond acceptors (Lipinski definition) is 5. The van der Waals surface area contributed by atoms with Gasteiger partial charge in [-0.3, -0.25) is 20.0 Å². The maximum atomic E-state index is 14.3. The summed E-state index contributed by atoms with van der Waals surface area (Å²) in [4.78, 5) is 33.7. The van der Waals surface area contributed by atoms with Gasteiger partial charge >= 0.3 is 0 Å². The Hall–Kier alpha value is -3.82. The minimum Gasteiger partial charge on any atom is -0.345 e. The van der Waals surface area contributed by atoms with Gasteiger partial charge in [0.2, 0.25) is 0 Å². The van der Waals surface area contributed by atoms with Gasteiger partial charge in [-0.2, -0.15) is 0 Å². The maximum Gasteiger partial charge on any atom is 0.275 e. The van der Waals surface area contributed by atoms with Gasteiger partial charge in [-0.15, -0.1) is 5.11 Å². The molecule has 0 bridgehead atoms. The van der Waals surface area contributed by atoms with Crippen molar-refractivity contribution in [2.45, 2.75) is 77.9 Å². The van der Waals surface area contributed by atoms with Crippen LogP contribution >= 0.6 is 0 Å². The van der Waals surface area contributed by atoms with Crippen molar-refractivity contribution in [3.05, 3.63) is 70.8 Å². The number of halogens is 2. The highest BCUT2D eigenvalue weighted by molar-refractivity contribution is 6.46. The molecule has 3 N–H and O–H groups in total. The van der Waals surface area contributed by atoms with Crippen LogP contribution < -0.4 is 5.32 Å². The van der Waals surface area contributed by atoms with Gasteiger partial charge in [0.1, 0.15) is 23.0 Å². The van der Waals surface area contributed by atoms with Crippen molar-refractivity contribution in [2.75, 3.05) is 6.54 Å². The second kappa shape index (κ2) is 13.0. The molecule has 1 spiro atoms. The molecule has 1 heterocycles. The number of benzene rings is 2. The van der Waals surface area contributed by atoms with E-state index in [1.54, 1.807) is 12.1 Å². The molecule has 224 valence electrons. The number of carbonyl (C=O) groups excluding carboxylic acids is 2. The van der Waals surface area contributed by atoms with Crippen molar-refractivity contribution in [3.8, 4) is 0 Å². The van der Waals surface area contributed by atoms with Crippen LogP contribution in [0.1, 0.15) is 93.7 Å². The molecular formula is C32H40F2N6O2. The number of aliphatic imine (C=N–C) groups is 1. The quantitative estimate of drug-likeness (QED) is 0.159. The average Bonchev–Trinajstić information content (AvgIpc) is 3.22. The van der Waals surface area contributed by atoms with E-state index in [0.29, 0.717) is 42.6 Å².